The van der Waals surface area contributed by atoms with E-state index in [4.69, 9.17) is 9.47 Å². The summed E-state index contributed by atoms with van der Waals surface area (Å²) < 4.78 is 11.0. The van der Waals surface area contributed by atoms with Crippen LogP contribution in [-0.2, 0) is 22.7 Å². The van der Waals surface area contributed by atoms with E-state index in [9.17, 15) is 10.2 Å². The van der Waals surface area contributed by atoms with Crippen LogP contribution in [0.25, 0.3) is 10.8 Å². The maximum atomic E-state index is 10.0. The van der Waals surface area contributed by atoms with Gasteiger partial charge in [-0.2, -0.15) is 0 Å². The number of benzene rings is 3. The Morgan fingerprint density at radius 1 is 0.615 bits per heavy atom. The van der Waals surface area contributed by atoms with Crippen LogP contribution in [0.5, 0.6) is 0 Å². The molecule has 136 valence electrons. The third kappa shape index (κ3) is 5.38. The molecule has 0 bridgehead atoms. The van der Waals surface area contributed by atoms with E-state index >= 15 is 0 Å². The minimum absolute atomic E-state index is 0.0582. The number of hydrogen-bond donors (Lipinski definition) is 2. The molecule has 2 N–H and O–H groups in total. The van der Waals surface area contributed by atoms with Crippen LogP contribution in [-0.4, -0.2) is 35.6 Å². The van der Waals surface area contributed by atoms with Gasteiger partial charge in [0.2, 0.25) is 0 Å². The largest absolute Gasteiger partial charge is 0.388 e. The van der Waals surface area contributed by atoms with Crippen molar-refractivity contribution in [3.63, 3.8) is 0 Å². The molecule has 0 saturated heterocycles. The van der Waals surface area contributed by atoms with Gasteiger partial charge in [-0.15, -0.1) is 0 Å². The van der Waals surface area contributed by atoms with Crippen molar-refractivity contribution in [3.8, 4) is 0 Å². The Bertz CT molecular complexity index is 803. The maximum absolute atomic E-state index is 10.0. The SMILES string of the molecule is O[C@H](COCc1ccc2ccccc2c1)[C@@H](O)COCc1ccccc1. The summed E-state index contributed by atoms with van der Waals surface area (Å²) in [5.41, 5.74) is 2.06. The van der Waals surface area contributed by atoms with Gasteiger partial charge >= 0.3 is 0 Å². The first-order valence-electron chi connectivity index (χ1n) is 8.75. The van der Waals surface area contributed by atoms with Crippen LogP contribution in [0.2, 0.25) is 0 Å². The highest BCUT2D eigenvalue weighted by Crippen LogP contribution is 2.16. The van der Waals surface area contributed by atoms with Crippen LogP contribution in [0.3, 0.4) is 0 Å². The summed E-state index contributed by atoms with van der Waals surface area (Å²) >= 11 is 0. The first-order valence-corrected chi connectivity index (χ1v) is 8.75. The molecule has 4 nitrogen and oxygen atoms in total. The van der Waals surface area contributed by atoms with E-state index in [1.54, 1.807) is 0 Å². The highest BCUT2D eigenvalue weighted by molar-refractivity contribution is 5.82. The second-order valence-electron chi connectivity index (χ2n) is 6.33. The third-order valence-corrected chi connectivity index (χ3v) is 4.22. The van der Waals surface area contributed by atoms with Crippen LogP contribution in [0.15, 0.2) is 72.8 Å². The molecule has 2 atom stereocenters. The average Bonchev–Trinajstić information content (AvgIpc) is 2.68. The molecule has 0 radical (unpaired) electrons. The molecule has 0 unspecified atom stereocenters. The fourth-order valence-corrected chi connectivity index (χ4v) is 2.72. The van der Waals surface area contributed by atoms with Crippen molar-refractivity contribution in [3.05, 3.63) is 83.9 Å². The first kappa shape index (κ1) is 18.5. The molecule has 0 heterocycles. The Kier molecular flexibility index (Phi) is 6.75. The van der Waals surface area contributed by atoms with E-state index in [1.807, 2.05) is 48.5 Å². The summed E-state index contributed by atoms with van der Waals surface area (Å²) in [4.78, 5) is 0. The Balaban J connectivity index is 1.39. The molecule has 0 aliphatic rings. The van der Waals surface area contributed by atoms with Crippen molar-refractivity contribution >= 4 is 10.8 Å². The molecule has 4 heteroatoms. The summed E-state index contributed by atoms with van der Waals surface area (Å²) in [5.74, 6) is 0. The van der Waals surface area contributed by atoms with E-state index in [-0.39, 0.29) is 13.2 Å². The topological polar surface area (TPSA) is 58.9 Å². The standard InChI is InChI=1S/C22H24O4/c23-21(15-25-13-17-6-2-1-3-7-17)22(24)16-26-14-18-10-11-19-8-4-5-9-20(19)12-18/h1-12,21-24H,13-16H2/t21-,22+/m0/s1. The van der Waals surface area contributed by atoms with Crippen LogP contribution in [0, 0.1) is 0 Å². The lowest BCUT2D eigenvalue weighted by atomic mass is 10.1. The van der Waals surface area contributed by atoms with E-state index in [0.717, 1.165) is 16.5 Å². The Labute approximate surface area is 153 Å². The molecule has 0 aliphatic heterocycles. The van der Waals surface area contributed by atoms with Gasteiger partial charge in [-0.25, -0.2) is 0 Å². The lowest BCUT2D eigenvalue weighted by molar-refractivity contribution is -0.0758. The van der Waals surface area contributed by atoms with Crippen molar-refractivity contribution in [1.29, 1.82) is 0 Å². The fourth-order valence-electron chi connectivity index (χ4n) is 2.72. The lowest BCUT2D eigenvalue weighted by Crippen LogP contribution is -2.34. The van der Waals surface area contributed by atoms with Crippen molar-refractivity contribution in [2.24, 2.45) is 0 Å². The monoisotopic (exact) mass is 352 g/mol. The van der Waals surface area contributed by atoms with Gasteiger partial charge in [-0.05, 0) is 28.0 Å². The normalized spacial score (nSPS) is 13.6. The molecular weight excluding hydrogens is 328 g/mol. The van der Waals surface area contributed by atoms with E-state index < -0.39 is 12.2 Å². The molecule has 26 heavy (non-hydrogen) atoms. The zero-order valence-electron chi connectivity index (χ0n) is 14.6. The van der Waals surface area contributed by atoms with Gasteiger partial charge in [0.15, 0.2) is 0 Å². The molecule has 0 spiro atoms. The van der Waals surface area contributed by atoms with Gasteiger partial charge in [-0.1, -0.05) is 66.7 Å². The van der Waals surface area contributed by atoms with Gasteiger partial charge in [0.05, 0.1) is 26.4 Å². The zero-order valence-corrected chi connectivity index (χ0v) is 14.6. The quantitative estimate of drug-likeness (QED) is 0.620. The smallest absolute Gasteiger partial charge is 0.105 e. The molecule has 0 amide bonds. The number of aliphatic hydroxyl groups excluding tert-OH is 2. The molecule has 3 rings (SSSR count). The molecule has 0 aliphatic carbocycles. The zero-order chi connectivity index (χ0) is 18.2. The van der Waals surface area contributed by atoms with Gasteiger partial charge in [0.25, 0.3) is 0 Å². The van der Waals surface area contributed by atoms with Gasteiger partial charge in [0, 0.05) is 0 Å². The highest BCUT2D eigenvalue weighted by atomic mass is 16.5. The van der Waals surface area contributed by atoms with Gasteiger partial charge in [-0.3, -0.25) is 0 Å². The molecule has 0 aromatic heterocycles. The predicted molar refractivity (Wildman–Crippen MR) is 102 cm³/mol. The predicted octanol–water partition coefficient (Wildman–Crippen LogP) is 3.30. The van der Waals surface area contributed by atoms with Crippen molar-refractivity contribution in [2.45, 2.75) is 25.4 Å². The maximum Gasteiger partial charge on any atom is 0.105 e. The number of hydrogen-bond acceptors (Lipinski definition) is 4. The number of aliphatic hydroxyl groups is 2. The van der Waals surface area contributed by atoms with Crippen LogP contribution >= 0.6 is 0 Å². The fraction of sp³-hybridized carbons (Fsp3) is 0.273. The Hall–Kier alpha value is -2.24. The Morgan fingerprint density at radius 3 is 1.88 bits per heavy atom. The summed E-state index contributed by atoms with van der Waals surface area (Å²) in [6.07, 6.45) is -1.96. The Morgan fingerprint density at radius 2 is 1.19 bits per heavy atom. The minimum atomic E-state index is -0.980. The second-order valence-corrected chi connectivity index (χ2v) is 6.33. The molecule has 0 fully saturated rings. The van der Waals surface area contributed by atoms with Crippen LogP contribution in [0.4, 0.5) is 0 Å². The van der Waals surface area contributed by atoms with Crippen molar-refractivity contribution < 1.29 is 19.7 Å². The highest BCUT2D eigenvalue weighted by Gasteiger charge is 2.16. The van der Waals surface area contributed by atoms with Crippen molar-refractivity contribution in [1.82, 2.24) is 0 Å². The number of fused-ring (bicyclic) bond motifs is 1. The number of rotatable bonds is 9. The summed E-state index contributed by atoms with van der Waals surface area (Å²) in [7, 11) is 0. The molecule has 0 saturated carbocycles. The van der Waals surface area contributed by atoms with Gasteiger partial charge < -0.3 is 19.7 Å². The summed E-state index contributed by atoms with van der Waals surface area (Å²) in [6, 6.07) is 24.0. The molecule has 3 aromatic carbocycles. The van der Waals surface area contributed by atoms with Crippen LogP contribution < -0.4 is 0 Å². The first-order chi connectivity index (χ1) is 12.7. The summed E-state index contributed by atoms with van der Waals surface area (Å²) in [5, 5.41) is 22.3. The van der Waals surface area contributed by atoms with Crippen molar-refractivity contribution in [2.75, 3.05) is 13.2 Å². The van der Waals surface area contributed by atoms with E-state index in [1.165, 1.54) is 5.39 Å². The third-order valence-electron chi connectivity index (χ3n) is 4.22. The van der Waals surface area contributed by atoms with Gasteiger partial charge in [0.1, 0.15) is 12.2 Å². The second kappa shape index (κ2) is 9.46. The van der Waals surface area contributed by atoms with E-state index in [2.05, 4.69) is 24.3 Å². The minimum Gasteiger partial charge on any atom is -0.388 e. The summed E-state index contributed by atoms with van der Waals surface area (Å²) in [6.45, 7) is 0.917. The van der Waals surface area contributed by atoms with E-state index in [0.29, 0.717) is 13.2 Å². The molecular formula is C22H24O4. The molecule has 3 aromatic rings. The number of ether oxygens (including phenoxy) is 2. The average molecular weight is 352 g/mol. The lowest BCUT2D eigenvalue weighted by Gasteiger charge is -2.18. The van der Waals surface area contributed by atoms with Crippen LogP contribution in [0.1, 0.15) is 11.1 Å².